The van der Waals surface area contributed by atoms with Crippen molar-refractivity contribution < 1.29 is 23.5 Å². The molecule has 9 nitrogen and oxygen atoms in total. The SMILES string of the molecule is CCOC(=O)c1c(C)oc(NC(=O)CCSc2cc(-c3ccccc3)ncn2)c1C(N)=O. The van der Waals surface area contributed by atoms with Crippen LogP contribution in [0.2, 0.25) is 0 Å². The molecule has 0 fully saturated rings. The molecule has 0 aliphatic heterocycles. The third kappa shape index (κ3) is 5.52. The van der Waals surface area contributed by atoms with E-state index in [2.05, 4.69) is 15.3 Å². The van der Waals surface area contributed by atoms with Gasteiger partial charge in [-0.25, -0.2) is 14.8 Å². The summed E-state index contributed by atoms with van der Waals surface area (Å²) in [7, 11) is 0. The first-order chi connectivity index (χ1) is 15.4. The minimum absolute atomic E-state index is 0.0848. The van der Waals surface area contributed by atoms with Crippen LogP contribution in [0.5, 0.6) is 0 Å². The second-order valence-electron chi connectivity index (χ2n) is 6.58. The highest BCUT2D eigenvalue weighted by Gasteiger charge is 2.29. The van der Waals surface area contributed by atoms with E-state index in [1.165, 1.54) is 25.0 Å². The number of anilines is 1. The van der Waals surface area contributed by atoms with Crippen molar-refractivity contribution in [2.24, 2.45) is 5.73 Å². The van der Waals surface area contributed by atoms with Gasteiger partial charge in [-0.2, -0.15) is 0 Å². The number of ether oxygens (including phenoxy) is 1. The van der Waals surface area contributed by atoms with Crippen LogP contribution in [0.1, 0.15) is 39.8 Å². The summed E-state index contributed by atoms with van der Waals surface area (Å²) in [6.45, 7) is 3.25. The highest BCUT2D eigenvalue weighted by Crippen LogP contribution is 2.28. The van der Waals surface area contributed by atoms with Gasteiger partial charge in [0.05, 0.1) is 17.3 Å². The first-order valence-corrected chi connectivity index (χ1v) is 10.8. The molecule has 2 aromatic heterocycles. The second kappa shape index (κ2) is 10.6. The Balaban J connectivity index is 1.63. The summed E-state index contributed by atoms with van der Waals surface area (Å²) in [5.41, 5.74) is 6.87. The zero-order valence-electron chi connectivity index (χ0n) is 17.6. The summed E-state index contributed by atoms with van der Waals surface area (Å²) in [4.78, 5) is 44.9. The Morgan fingerprint density at radius 1 is 1.16 bits per heavy atom. The number of carbonyl (C=O) groups is 3. The molecule has 0 bridgehead atoms. The number of furan rings is 1. The van der Waals surface area contributed by atoms with Gasteiger partial charge >= 0.3 is 5.97 Å². The fraction of sp³-hybridized carbons (Fsp3) is 0.227. The summed E-state index contributed by atoms with van der Waals surface area (Å²) in [5.74, 6) is -1.65. The highest BCUT2D eigenvalue weighted by molar-refractivity contribution is 7.99. The molecular formula is C22H22N4O5S. The Morgan fingerprint density at radius 3 is 2.59 bits per heavy atom. The lowest BCUT2D eigenvalue weighted by Gasteiger charge is -2.06. The molecule has 0 saturated carbocycles. The standard InChI is InChI=1S/C22H22N4O5S/c1-3-30-22(29)18-13(2)31-21(19(18)20(23)28)26-16(27)9-10-32-17-11-15(24-12-25-17)14-7-5-4-6-8-14/h4-8,11-12H,3,9-10H2,1-2H3,(H2,23,28)(H,26,27). The van der Waals surface area contributed by atoms with Gasteiger partial charge in [0, 0.05) is 17.7 Å². The third-order valence-corrected chi connectivity index (χ3v) is 5.28. The van der Waals surface area contributed by atoms with E-state index >= 15 is 0 Å². The Kier molecular flexibility index (Phi) is 7.61. The van der Waals surface area contributed by atoms with Crippen molar-refractivity contribution in [2.45, 2.75) is 25.3 Å². The maximum Gasteiger partial charge on any atom is 0.342 e. The minimum atomic E-state index is -0.899. The number of aryl methyl sites for hydroxylation is 1. The summed E-state index contributed by atoms with van der Waals surface area (Å²) >= 11 is 1.39. The topological polar surface area (TPSA) is 137 Å². The van der Waals surface area contributed by atoms with E-state index in [9.17, 15) is 14.4 Å². The number of nitrogens with one attached hydrogen (secondary N) is 1. The fourth-order valence-electron chi connectivity index (χ4n) is 2.94. The molecule has 0 radical (unpaired) electrons. The number of nitrogens with zero attached hydrogens (tertiary/aromatic N) is 2. The average Bonchev–Trinajstić information content (AvgIpc) is 3.10. The van der Waals surface area contributed by atoms with E-state index in [4.69, 9.17) is 14.9 Å². The molecule has 10 heteroatoms. The molecule has 0 saturated heterocycles. The Hall–Kier alpha value is -3.66. The van der Waals surface area contributed by atoms with Crippen LogP contribution in [0, 0.1) is 6.92 Å². The van der Waals surface area contributed by atoms with Gasteiger partial charge in [-0.1, -0.05) is 30.3 Å². The average molecular weight is 455 g/mol. The summed E-state index contributed by atoms with van der Waals surface area (Å²) < 4.78 is 10.4. The van der Waals surface area contributed by atoms with E-state index in [-0.39, 0.29) is 35.8 Å². The maximum absolute atomic E-state index is 12.4. The molecule has 3 N–H and O–H groups in total. The first kappa shape index (κ1) is 23.0. The predicted molar refractivity (Wildman–Crippen MR) is 119 cm³/mol. The van der Waals surface area contributed by atoms with Gasteiger partial charge in [0.25, 0.3) is 5.91 Å². The van der Waals surface area contributed by atoms with E-state index in [1.807, 2.05) is 36.4 Å². The van der Waals surface area contributed by atoms with Gasteiger partial charge < -0.3 is 14.9 Å². The van der Waals surface area contributed by atoms with Crippen LogP contribution < -0.4 is 11.1 Å². The number of carbonyl (C=O) groups excluding carboxylic acids is 3. The van der Waals surface area contributed by atoms with Gasteiger partial charge in [-0.05, 0) is 19.9 Å². The fourth-order valence-corrected chi connectivity index (χ4v) is 3.75. The van der Waals surface area contributed by atoms with Crippen molar-refractivity contribution in [1.29, 1.82) is 0 Å². The Morgan fingerprint density at radius 2 is 1.91 bits per heavy atom. The molecule has 166 valence electrons. The normalized spacial score (nSPS) is 10.6. The highest BCUT2D eigenvalue weighted by atomic mass is 32.2. The molecule has 3 aromatic rings. The van der Waals surface area contributed by atoms with Crippen molar-refractivity contribution in [3.8, 4) is 11.3 Å². The molecule has 2 amide bonds. The molecular weight excluding hydrogens is 432 g/mol. The smallest absolute Gasteiger partial charge is 0.342 e. The van der Waals surface area contributed by atoms with E-state index < -0.39 is 17.8 Å². The van der Waals surface area contributed by atoms with Crippen LogP contribution in [0.3, 0.4) is 0 Å². The maximum atomic E-state index is 12.4. The molecule has 32 heavy (non-hydrogen) atoms. The van der Waals surface area contributed by atoms with E-state index in [0.29, 0.717) is 5.75 Å². The molecule has 3 rings (SSSR count). The van der Waals surface area contributed by atoms with Gasteiger partial charge in [0.2, 0.25) is 11.8 Å². The number of hydrogen-bond donors (Lipinski definition) is 2. The number of rotatable bonds is 9. The van der Waals surface area contributed by atoms with E-state index in [1.54, 1.807) is 6.92 Å². The van der Waals surface area contributed by atoms with Crippen LogP contribution in [0.15, 0.2) is 52.2 Å². The molecule has 0 aliphatic carbocycles. The summed E-state index contributed by atoms with van der Waals surface area (Å²) in [6, 6.07) is 11.5. The second-order valence-corrected chi connectivity index (χ2v) is 7.69. The Labute approximate surface area is 188 Å². The predicted octanol–water partition coefficient (Wildman–Crippen LogP) is 3.44. The third-order valence-electron chi connectivity index (χ3n) is 4.35. The van der Waals surface area contributed by atoms with Crippen LogP contribution in [0.25, 0.3) is 11.3 Å². The number of hydrogen-bond acceptors (Lipinski definition) is 8. The lowest BCUT2D eigenvalue weighted by Crippen LogP contribution is -2.20. The van der Waals surface area contributed by atoms with Crippen LogP contribution in [-0.2, 0) is 9.53 Å². The first-order valence-electron chi connectivity index (χ1n) is 9.81. The molecule has 1 aromatic carbocycles. The van der Waals surface area contributed by atoms with Gasteiger partial charge in [-0.3, -0.25) is 14.9 Å². The van der Waals surface area contributed by atoms with Crippen molar-refractivity contribution in [2.75, 3.05) is 17.7 Å². The molecule has 0 unspecified atom stereocenters. The Bertz CT molecular complexity index is 1130. The van der Waals surface area contributed by atoms with Crippen molar-refractivity contribution in [3.63, 3.8) is 0 Å². The quantitative estimate of drug-likeness (QED) is 0.285. The van der Waals surface area contributed by atoms with Gasteiger partial charge in [0.15, 0.2) is 0 Å². The number of benzene rings is 1. The number of nitrogens with two attached hydrogens (primary N) is 1. The van der Waals surface area contributed by atoms with Crippen molar-refractivity contribution in [3.05, 3.63) is 59.6 Å². The number of aromatic nitrogens is 2. The lowest BCUT2D eigenvalue weighted by molar-refractivity contribution is -0.115. The lowest BCUT2D eigenvalue weighted by atomic mass is 10.1. The number of thioether (sulfide) groups is 1. The number of amides is 2. The zero-order chi connectivity index (χ0) is 23.1. The van der Waals surface area contributed by atoms with Crippen molar-refractivity contribution in [1.82, 2.24) is 9.97 Å². The zero-order valence-corrected chi connectivity index (χ0v) is 18.4. The van der Waals surface area contributed by atoms with Gasteiger partial charge in [0.1, 0.15) is 23.2 Å². The van der Waals surface area contributed by atoms with Gasteiger partial charge in [-0.15, -0.1) is 11.8 Å². The number of primary amides is 1. The number of esters is 1. The van der Waals surface area contributed by atoms with Crippen LogP contribution in [-0.4, -0.2) is 40.1 Å². The summed E-state index contributed by atoms with van der Waals surface area (Å²) in [6.07, 6.45) is 1.59. The summed E-state index contributed by atoms with van der Waals surface area (Å²) in [5, 5.41) is 3.24. The molecule has 0 atom stereocenters. The molecule has 0 aliphatic rings. The van der Waals surface area contributed by atoms with E-state index in [0.717, 1.165) is 16.3 Å². The van der Waals surface area contributed by atoms with Crippen molar-refractivity contribution >= 4 is 35.4 Å². The molecule has 2 heterocycles. The van der Waals surface area contributed by atoms with Crippen LogP contribution in [0.4, 0.5) is 5.88 Å². The monoisotopic (exact) mass is 454 g/mol. The molecule has 0 spiro atoms. The minimum Gasteiger partial charge on any atom is -0.462 e. The largest absolute Gasteiger partial charge is 0.462 e. The van der Waals surface area contributed by atoms with Crippen LogP contribution >= 0.6 is 11.8 Å².